The molecule has 31 heavy (non-hydrogen) atoms. The van der Waals surface area contributed by atoms with Gasteiger partial charge >= 0.3 is 0 Å². The van der Waals surface area contributed by atoms with Gasteiger partial charge in [-0.2, -0.15) is 19.9 Å². The second-order valence-corrected chi connectivity index (χ2v) is 7.35. The van der Waals surface area contributed by atoms with Crippen LogP contribution in [0.5, 0.6) is 0 Å². The van der Waals surface area contributed by atoms with E-state index in [1.165, 1.54) is 0 Å². The fourth-order valence-corrected chi connectivity index (χ4v) is 3.60. The van der Waals surface area contributed by atoms with Gasteiger partial charge < -0.3 is 19.3 Å². The summed E-state index contributed by atoms with van der Waals surface area (Å²) in [5.74, 6) is 1.40. The molecule has 0 bridgehead atoms. The Balaban J connectivity index is 1.45. The first-order valence-electron chi connectivity index (χ1n) is 10.4. The van der Waals surface area contributed by atoms with Gasteiger partial charge in [-0.3, -0.25) is 15.2 Å². The molecule has 0 radical (unpaired) electrons. The summed E-state index contributed by atoms with van der Waals surface area (Å²) in [6, 6.07) is 9.64. The number of nitrogens with zero attached hydrogens (tertiary/aromatic N) is 7. The smallest absolute Gasteiger partial charge is 0.258 e. The zero-order valence-corrected chi connectivity index (χ0v) is 17.1. The number of nitrogens with one attached hydrogen (secondary N) is 1. The number of carbonyl (C=O) groups excluding carboxylic acids is 1. The number of hydrogen-bond acceptors (Lipinski definition) is 10. The van der Waals surface area contributed by atoms with E-state index >= 15 is 0 Å². The minimum absolute atomic E-state index is 0.120. The third-order valence-corrected chi connectivity index (χ3v) is 5.27. The Labute approximate surface area is 179 Å². The van der Waals surface area contributed by atoms with Crippen LogP contribution in [0, 0.1) is 0 Å². The summed E-state index contributed by atoms with van der Waals surface area (Å²) >= 11 is 0. The van der Waals surface area contributed by atoms with Gasteiger partial charge in [0.25, 0.3) is 5.95 Å². The van der Waals surface area contributed by atoms with Crippen LogP contribution in [0.15, 0.2) is 35.3 Å². The largest absolute Gasteiger partial charge is 0.378 e. The number of anilines is 3. The van der Waals surface area contributed by atoms with Crippen molar-refractivity contribution in [3.05, 3.63) is 30.3 Å². The minimum Gasteiger partial charge on any atom is -0.378 e. The van der Waals surface area contributed by atoms with Crippen molar-refractivity contribution in [1.82, 2.24) is 20.4 Å². The van der Waals surface area contributed by atoms with Gasteiger partial charge in [0.05, 0.1) is 32.1 Å². The molecule has 11 nitrogen and oxygen atoms in total. The second kappa shape index (κ2) is 8.82. The molecule has 0 amide bonds. The van der Waals surface area contributed by atoms with Gasteiger partial charge in [0.15, 0.2) is 5.84 Å². The Morgan fingerprint density at radius 1 is 0.839 bits per heavy atom. The molecule has 3 fully saturated rings. The number of aromatic nitrogens is 3. The third kappa shape index (κ3) is 4.42. The third-order valence-electron chi connectivity index (χ3n) is 5.27. The van der Waals surface area contributed by atoms with Crippen molar-refractivity contribution >= 4 is 35.2 Å². The number of morpholine rings is 2. The van der Waals surface area contributed by atoms with E-state index in [9.17, 15) is 4.79 Å². The molecule has 5 rings (SSSR count). The van der Waals surface area contributed by atoms with Crippen molar-refractivity contribution in [2.45, 2.75) is 0 Å². The first-order chi connectivity index (χ1) is 15.3. The molecule has 4 heterocycles. The van der Waals surface area contributed by atoms with Crippen molar-refractivity contribution in [2.75, 3.05) is 74.0 Å². The molecule has 3 saturated heterocycles. The van der Waals surface area contributed by atoms with Crippen molar-refractivity contribution in [3.8, 4) is 0 Å². The predicted molar refractivity (Wildman–Crippen MR) is 115 cm³/mol. The van der Waals surface area contributed by atoms with E-state index < -0.39 is 0 Å². The fourth-order valence-electron chi connectivity index (χ4n) is 3.60. The molecule has 3 aliphatic rings. The molecule has 0 atom stereocenters. The van der Waals surface area contributed by atoms with Crippen LogP contribution >= 0.6 is 0 Å². The van der Waals surface area contributed by atoms with Crippen LogP contribution in [-0.2, 0) is 14.3 Å². The molecule has 3 aliphatic heterocycles. The van der Waals surface area contributed by atoms with E-state index in [2.05, 4.69) is 35.2 Å². The average Bonchev–Trinajstić information content (AvgIpc) is 3.20. The van der Waals surface area contributed by atoms with Crippen molar-refractivity contribution < 1.29 is 14.3 Å². The number of rotatable bonds is 4. The van der Waals surface area contributed by atoms with Crippen LogP contribution in [0.1, 0.15) is 0 Å². The summed E-state index contributed by atoms with van der Waals surface area (Å²) in [5, 5.41) is 1.76. The lowest BCUT2D eigenvalue weighted by molar-refractivity contribution is -0.111. The summed E-state index contributed by atoms with van der Waals surface area (Å²) in [4.78, 5) is 34.9. The fraction of sp³-hybridized carbons (Fsp3) is 0.450. The normalized spacial score (nSPS) is 21.0. The molecule has 162 valence electrons. The maximum absolute atomic E-state index is 12.6. The van der Waals surface area contributed by atoms with Crippen LogP contribution in [0.4, 0.5) is 23.5 Å². The van der Waals surface area contributed by atoms with Crippen molar-refractivity contribution in [2.24, 2.45) is 4.99 Å². The van der Waals surface area contributed by atoms with E-state index in [4.69, 9.17) is 9.47 Å². The number of ether oxygens (including phenoxy) is 2. The summed E-state index contributed by atoms with van der Waals surface area (Å²) in [7, 11) is 0. The number of hydrazine groups is 1. The van der Waals surface area contributed by atoms with Crippen LogP contribution in [0.2, 0.25) is 0 Å². The number of Topliss-reactive ketones (excluding diaryl/α,β-unsaturated/α-hetero) is 1. The van der Waals surface area contributed by atoms with Crippen LogP contribution in [0.3, 0.4) is 0 Å². The number of benzene rings is 1. The Kier molecular flexibility index (Phi) is 5.59. The molecular formula is C20H24N8O3. The van der Waals surface area contributed by atoms with Gasteiger partial charge in [-0.1, -0.05) is 18.2 Å². The van der Waals surface area contributed by atoms with Crippen LogP contribution in [-0.4, -0.2) is 85.7 Å². The Hall–Kier alpha value is -3.31. The Morgan fingerprint density at radius 3 is 2.00 bits per heavy atom. The topological polar surface area (TPSA) is 108 Å². The summed E-state index contributed by atoms with van der Waals surface area (Å²) in [5.41, 5.74) is 3.96. The number of para-hydroxylation sites is 1. The molecule has 1 N–H and O–H groups in total. The number of amidine groups is 1. The van der Waals surface area contributed by atoms with E-state index in [0.717, 1.165) is 5.69 Å². The van der Waals surface area contributed by atoms with E-state index in [1.54, 1.807) is 5.01 Å². The van der Waals surface area contributed by atoms with Gasteiger partial charge in [0, 0.05) is 26.2 Å². The van der Waals surface area contributed by atoms with Gasteiger partial charge in [-0.15, -0.1) is 0 Å². The zero-order chi connectivity index (χ0) is 21.0. The maximum Gasteiger partial charge on any atom is 0.258 e. The molecule has 0 unspecified atom stereocenters. The van der Waals surface area contributed by atoms with Gasteiger partial charge in [-0.05, 0) is 12.1 Å². The molecule has 0 aliphatic carbocycles. The monoisotopic (exact) mass is 424 g/mol. The molecule has 1 aromatic carbocycles. The Bertz CT molecular complexity index is 922. The van der Waals surface area contributed by atoms with Gasteiger partial charge in [0.2, 0.25) is 17.7 Å². The van der Waals surface area contributed by atoms with Gasteiger partial charge in [-0.25, -0.2) is 0 Å². The second-order valence-electron chi connectivity index (χ2n) is 7.35. The standard InChI is InChI=1S/C20H24N8O3/c29-16-14-28(15-4-2-1-3-5-15)25-17(16)21-18-22-19(26-6-10-30-11-7-26)24-20(23-18)27-8-12-31-13-9-27/h1-5H,6-14H2,(H,21,22,23,24,25). The van der Waals surface area contributed by atoms with E-state index in [-0.39, 0.29) is 24.1 Å². The molecule has 2 aromatic rings. The Morgan fingerprint density at radius 2 is 1.42 bits per heavy atom. The predicted octanol–water partition coefficient (Wildman–Crippen LogP) is 0.169. The van der Waals surface area contributed by atoms with Crippen molar-refractivity contribution in [3.63, 3.8) is 0 Å². The summed E-state index contributed by atoms with van der Waals surface area (Å²) in [6.45, 7) is 5.46. The summed E-state index contributed by atoms with van der Waals surface area (Å²) < 4.78 is 10.9. The lowest BCUT2D eigenvalue weighted by Gasteiger charge is -2.29. The number of hydrogen-bond donors (Lipinski definition) is 1. The number of ketones is 1. The quantitative estimate of drug-likeness (QED) is 0.729. The lowest BCUT2D eigenvalue weighted by Crippen LogP contribution is -2.40. The highest BCUT2D eigenvalue weighted by Gasteiger charge is 2.27. The molecular weight excluding hydrogens is 400 g/mol. The minimum atomic E-state index is -0.120. The van der Waals surface area contributed by atoms with E-state index in [1.807, 2.05) is 30.3 Å². The highest BCUT2D eigenvalue weighted by molar-refractivity contribution is 6.42. The molecule has 11 heteroatoms. The summed E-state index contributed by atoms with van der Waals surface area (Å²) in [6.07, 6.45) is 0. The molecule has 0 saturated carbocycles. The van der Waals surface area contributed by atoms with E-state index in [0.29, 0.717) is 64.5 Å². The van der Waals surface area contributed by atoms with Crippen LogP contribution < -0.4 is 20.2 Å². The number of carbonyl (C=O) groups is 1. The average molecular weight is 424 g/mol. The van der Waals surface area contributed by atoms with Crippen LogP contribution in [0.25, 0.3) is 0 Å². The highest BCUT2D eigenvalue weighted by Crippen LogP contribution is 2.21. The first-order valence-corrected chi connectivity index (χ1v) is 10.4. The molecule has 0 spiro atoms. The first kappa shape index (κ1) is 19.6. The lowest BCUT2D eigenvalue weighted by atomic mass is 10.3. The van der Waals surface area contributed by atoms with Gasteiger partial charge in [0.1, 0.15) is 6.54 Å². The number of aliphatic imine (C=N–C) groups is 1. The highest BCUT2D eigenvalue weighted by atomic mass is 16.5. The maximum atomic E-state index is 12.6. The molecule has 1 aromatic heterocycles. The SMILES string of the molecule is O=C1CN(c2ccccc2)NC1=Nc1nc(N2CCOCC2)nc(N2CCOCC2)n1. The zero-order valence-electron chi connectivity index (χ0n) is 17.1. The van der Waals surface area contributed by atoms with Crippen molar-refractivity contribution in [1.29, 1.82) is 0 Å².